The summed E-state index contributed by atoms with van der Waals surface area (Å²) < 4.78 is 29.1. The van der Waals surface area contributed by atoms with Crippen LogP contribution >= 0.6 is 0 Å². The van der Waals surface area contributed by atoms with Crippen molar-refractivity contribution >= 4 is 16.7 Å². The van der Waals surface area contributed by atoms with Gasteiger partial charge in [0.1, 0.15) is 11.6 Å². The smallest absolute Gasteiger partial charge is 0.198 e. The van der Waals surface area contributed by atoms with E-state index in [4.69, 9.17) is 0 Å². The highest BCUT2D eigenvalue weighted by Gasteiger charge is 2.19. The number of ketones is 1. The number of carbonyl (C=O) groups is 1. The molecular weight excluding hydrogens is 332 g/mol. The van der Waals surface area contributed by atoms with Crippen LogP contribution in [0, 0.1) is 11.6 Å². The minimum atomic E-state index is -0.534. The van der Waals surface area contributed by atoms with Crippen LogP contribution in [0.2, 0.25) is 0 Å². The Morgan fingerprint density at radius 1 is 0.808 bits per heavy atom. The first-order valence-corrected chi connectivity index (χ1v) is 8.25. The van der Waals surface area contributed by atoms with Gasteiger partial charge in [-0.1, -0.05) is 42.5 Å². The molecule has 4 rings (SSSR count). The zero-order chi connectivity index (χ0) is 18.1. The number of halogens is 2. The molecule has 0 saturated heterocycles. The predicted octanol–water partition coefficient (Wildman–Crippen LogP) is 5.20. The number of carbonyl (C=O) groups excluding carboxylic acids is 1. The summed E-state index contributed by atoms with van der Waals surface area (Å²) in [6, 6.07) is 19.7. The van der Waals surface area contributed by atoms with Crippen molar-refractivity contribution in [1.29, 1.82) is 0 Å². The van der Waals surface area contributed by atoms with Crippen LogP contribution in [-0.2, 0) is 6.54 Å². The second kappa shape index (κ2) is 6.56. The Balaban J connectivity index is 1.80. The van der Waals surface area contributed by atoms with Gasteiger partial charge in [-0.15, -0.1) is 0 Å². The molecule has 0 aliphatic heterocycles. The lowest BCUT2D eigenvalue weighted by Crippen LogP contribution is -2.04. The van der Waals surface area contributed by atoms with Crippen LogP contribution in [0.4, 0.5) is 8.78 Å². The van der Waals surface area contributed by atoms with Gasteiger partial charge in [-0.25, -0.2) is 8.78 Å². The number of para-hydroxylation sites is 1. The topological polar surface area (TPSA) is 22.0 Å². The molecule has 0 saturated carbocycles. The fourth-order valence-corrected chi connectivity index (χ4v) is 3.14. The molecule has 2 nitrogen and oxygen atoms in total. The summed E-state index contributed by atoms with van der Waals surface area (Å²) in [6.07, 6.45) is 1.74. The van der Waals surface area contributed by atoms with E-state index in [1.54, 1.807) is 30.5 Å². The van der Waals surface area contributed by atoms with Crippen LogP contribution in [0.5, 0.6) is 0 Å². The van der Waals surface area contributed by atoms with Gasteiger partial charge >= 0.3 is 0 Å². The number of hydrogen-bond acceptors (Lipinski definition) is 1. The van der Waals surface area contributed by atoms with Crippen molar-refractivity contribution in [3.8, 4) is 0 Å². The maximum absolute atomic E-state index is 14.1. The van der Waals surface area contributed by atoms with E-state index in [1.807, 2.05) is 28.8 Å². The molecule has 0 fully saturated rings. The van der Waals surface area contributed by atoms with E-state index in [0.29, 0.717) is 12.1 Å². The molecule has 0 radical (unpaired) electrons. The third-order valence-electron chi connectivity index (χ3n) is 4.42. The summed E-state index contributed by atoms with van der Waals surface area (Å²) in [4.78, 5) is 12.9. The van der Waals surface area contributed by atoms with E-state index in [1.165, 1.54) is 24.3 Å². The highest BCUT2D eigenvalue weighted by Crippen LogP contribution is 2.25. The summed E-state index contributed by atoms with van der Waals surface area (Å²) in [5.41, 5.74) is 2.29. The number of hydrogen-bond donors (Lipinski definition) is 0. The van der Waals surface area contributed by atoms with Gasteiger partial charge in [-0.05, 0) is 35.9 Å². The molecule has 0 aliphatic rings. The number of benzene rings is 3. The highest BCUT2D eigenvalue weighted by molar-refractivity contribution is 6.16. The molecule has 0 spiro atoms. The third-order valence-corrected chi connectivity index (χ3v) is 4.42. The lowest BCUT2D eigenvalue weighted by molar-refractivity contribution is 0.103. The van der Waals surface area contributed by atoms with E-state index in [9.17, 15) is 13.6 Å². The maximum atomic E-state index is 14.1. The summed E-state index contributed by atoms with van der Waals surface area (Å²) in [5, 5.41) is 0.767. The first-order chi connectivity index (χ1) is 12.6. The predicted molar refractivity (Wildman–Crippen MR) is 97.3 cm³/mol. The van der Waals surface area contributed by atoms with Crippen molar-refractivity contribution in [2.75, 3.05) is 0 Å². The second-order valence-corrected chi connectivity index (χ2v) is 6.12. The Hall–Kier alpha value is -3.27. The number of aromatic nitrogens is 1. The molecule has 0 amide bonds. The number of fused-ring (bicyclic) bond motifs is 1. The first kappa shape index (κ1) is 16.2. The summed E-state index contributed by atoms with van der Waals surface area (Å²) in [6.45, 7) is 0.491. The van der Waals surface area contributed by atoms with E-state index < -0.39 is 5.82 Å². The van der Waals surface area contributed by atoms with Crippen LogP contribution in [0.1, 0.15) is 21.5 Å². The Morgan fingerprint density at radius 3 is 2.27 bits per heavy atom. The van der Waals surface area contributed by atoms with Gasteiger partial charge in [0.2, 0.25) is 0 Å². The SMILES string of the molecule is O=C(c1ccccc1F)c1cn(Cc2ccc(F)cc2)c2ccccc12. The minimum Gasteiger partial charge on any atom is -0.342 e. The van der Waals surface area contributed by atoms with Crippen molar-refractivity contribution < 1.29 is 13.6 Å². The van der Waals surface area contributed by atoms with Crippen LogP contribution in [0.25, 0.3) is 10.9 Å². The van der Waals surface area contributed by atoms with Crippen LogP contribution in [0.15, 0.2) is 79.0 Å². The summed E-state index contributed by atoms with van der Waals surface area (Å²) >= 11 is 0. The van der Waals surface area contributed by atoms with Crippen molar-refractivity contribution in [2.24, 2.45) is 0 Å². The lowest BCUT2D eigenvalue weighted by atomic mass is 10.0. The molecule has 4 aromatic rings. The molecule has 1 aromatic heterocycles. The normalized spacial score (nSPS) is 11.0. The molecule has 1 heterocycles. The zero-order valence-electron chi connectivity index (χ0n) is 13.8. The summed E-state index contributed by atoms with van der Waals surface area (Å²) in [7, 11) is 0. The van der Waals surface area contributed by atoms with Crippen molar-refractivity contribution in [3.63, 3.8) is 0 Å². The largest absolute Gasteiger partial charge is 0.342 e. The van der Waals surface area contributed by atoms with Crippen molar-refractivity contribution in [3.05, 3.63) is 107 Å². The van der Waals surface area contributed by atoms with Crippen molar-refractivity contribution in [2.45, 2.75) is 6.54 Å². The third kappa shape index (κ3) is 2.90. The van der Waals surface area contributed by atoms with Gasteiger partial charge in [-0.2, -0.15) is 0 Å². The summed E-state index contributed by atoms with van der Waals surface area (Å²) in [5.74, 6) is -1.17. The Morgan fingerprint density at radius 2 is 1.50 bits per heavy atom. The average Bonchev–Trinajstić information content (AvgIpc) is 3.02. The molecule has 0 atom stereocenters. The minimum absolute atomic E-state index is 0.0529. The first-order valence-electron chi connectivity index (χ1n) is 8.25. The second-order valence-electron chi connectivity index (χ2n) is 6.12. The van der Waals surface area contributed by atoms with Gasteiger partial charge in [0.05, 0.1) is 5.56 Å². The molecule has 26 heavy (non-hydrogen) atoms. The molecule has 0 aliphatic carbocycles. The number of nitrogens with zero attached hydrogens (tertiary/aromatic N) is 1. The van der Waals surface area contributed by atoms with Gasteiger partial charge in [0.25, 0.3) is 0 Å². The van der Waals surface area contributed by atoms with E-state index in [-0.39, 0.29) is 17.2 Å². The molecule has 4 heteroatoms. The van der Waals surface area contributed by atoms with E-state index >= 15 is 0 Å². The molecular formula is C22H15F2NO. The molecule has 0 unspecified atom stereocenters. The Bertz CT molecular complexity index is 1100. The van der Waals surface area contributed by atoms with Crippen molar-refractivity contribution in [1.82, 2.24) is 4.57 Å². The van der Waals surface area contributed by atoms with E-state index in [0.717, 1.165) is 16.5 Å². The molecule has 0 bridgehead atoms. The number of rotatable bonds is 4. The van der Waals surface area contributed by atoms with Gasteiger partial charge in [0.15, 0.2) is 5.78 Å². The van der Waals surface area contributed by atoms with Gasteiger partial charge in [-0.3, -0.25) is 4.79 Å². The molecule has 0 N–H and O–H groups in total. The van der Waals surface area contributed by atoms with Crippen LogP contribution in [-0.4, -0.2) is 10.4 Å². The monoisotopic (exact) mass is 347 g/mol. The highest BCUT2D eigenvalue weighted by atomic mass is 19.1. The standard InChI is InChI=1S/C22H15F2NO/c23-16-11-9-15(10-12-16)13-25-14-19(17-5-2-4-8-21(17)25)22(26)18-6-1-3-7-20(18)24/h1-12,14H,13H2. The lowest BCUT2D eigenvalue weighted by Gasteiger charge is -2.05. The van der Waals surface area contributed by atoms with Crippen LogP contribution < -0.4 is 0 Å². The van der Waals surface area contributed by atoms with Gasteiger partial charge < -0.3 is 4.57 Å². The van der Waals surface area contributed by atoms with Crippen LogP contribution in [0.3, 0.4) is 0 Å². The average molecular weight is 347 g/mol. The molecule has 128 valence electrons. The maximum Gasteiger partial charge on any atom is 0.198 e. The molecule has 3 aromatic carbocycles. The fourth-order valence-electron chi connectivity index (χ4n) is 3.14. The Labute approximate surface area is 149 Å². The van der Waals surface area contributed by atoms with E-state index in [2.05, 4.69) is 0 Å². The quantitative estimate of drug-likeness (QED) is 0.465. The Kier molecular flexibility index (Phi) is 4.09. The van der Waals surface area contributed by atoms with Gasteiger partial charge in [0, 0.05) is 29.2 Å². The zero-order valence-corrected chi connectivity index (χ0v) is 13.8. The fraction of sp³-hybridized carbons (Fsp3) is 0.0455.